The molecular formula is C15H18N4O2. The van der Waals surface area contributed by atoms with E-state index in [9.17, 15) is 9.90 Å². The molecule has 1 saturated heterocycles. The molecule has 2 aromatic rings. The van der Waals surface area contributed by atoms with E-state index in [-0.39, 0.29) is 12.0 Å². The first-order valence-electron chi connectivity index (χ1n) is 7.03. The van der Waals surface area contributed by atoms with Gasteiger partial charge in [0.1, 0.15) is 5.82 Å². The van der Waals surface area contributed by atoms with Crippen LogP contribution in [0.2, 0.25) is 0 Å². The molecule has 21 heavy (non-hydrogen) atoms. The topological polar surface area (TPSA) is 91.5 Å². The smallest absolute Gasteiger partial charge is 0.254 e. The number of piperidine rings is 1. The van der Waals surface area contributed by atoms with E-state index < -0.39 is 0 Å². The van der Waals surface area contributed by atoms with Crippen LogP contribution < -0.4 is 11.3 Å². The molecule has 0 aliphatic carbocycles. The number of aromatic nitrogens is 1. The lowest BCUT2D eigenvalue weighted by Crippen LogP contribution is -2.40. The number of anilines is 1. The first-order valence-corrected chi connectivity index (χ1v) is 7.03. The maximum Gasteiger partial charge on any atom is 0.254 e. The molecule has 0 saturated carbocycles. The molecule has 0 radical (unpaired) electrons. The van der Waals surface area contributed by atoms with Gasteiger partial charge in [-0.15, -0.1) is 0 Å². The maximum absolute atomic E-state index is 12.7. The van der Waals surface area contributed by atoms with E-state index in [2.05, 4.69) is 10.4 Å². The molecule has 0 atom stereocenters. The molecule has 2 heterocycles. The molecule has 6 heteroatoms. The summed E-state index contributed by atoms with van der Waals surface area (Å²) < 4.78 is 0. The molecule has 1 aromatic heterocycles. The Bertz CT molecular complexity index is 666. The Morgan fingerprint density at radius 2 is 2.05 bits per heavy atom. The fraction of sp³-hybridized carbons (Fsp3) is 0.333. The number of fused-ring (bicyclic) bond motifs is 1. The summed E-state index contributed by atoms with van der Waals surface area (Å²) >= 11 is 0. The van der Waals surface area contributed by atoms with Crippen molar-refractivity contribution in [3.05, 3.63) is 35.9 Å². The van der Waals surface area contributed by atoms with Crippen molar-refractivity contribution in [1.82, 2.24) is 9.88 Å². The molecule has 1 aliphatic heterocycles. The van der Waals surface area contributed by atoms with Gasteiger partial charge in [0.15, 0.2) is 0 Å². The van der Waals surface area contributed by atoms with Crippen LogP contribution >= 0.6 is 0 Å². The summed E-state index contributed by atoms with van der Waals surface area (Å²) in [6.07, 6.45) is 0.942. The fourth-order valence-electron chi connectivity index (χ4n) is 2.67. The van der Waals surface area contributed by atoms with E-state index >= 15 is 0 Å². The summed E-state index contributed by atoms with van der Waals surface area (Å²) in [6, 6.07) is 9.18. The molecule has 1 aromatic carbocycles. The number of nitrogens with two attached hydrogens (primary N) is 1. The number of hydrogen-bond donors (Lipinski definition) is 3. The standard InChI is InChI=1S/C15H18N4O2/c16-18-14-9-12(11-3-1-2-4-13(11)17-14)15(21)19-7-5-10(20)6-8-19/h1-4,9-10,20H,5-8,16H2,(H,17,18). The third-order valence-corrected chi connectivity index (χ3v) is 3.85. The number of carbonyl (C=O) groups excluding carboxylic acids is 1. The van der Waals surface area contributed by atoms with E-state index in [1.165, 1.54) is 0 Å². The van der Waals surface area contributed by atoms with Crippen LogP contribution in [-0.4, -0.2) is 40.1 Å². The Labute approximate surface area is 122 Å². The van der Waals surface area contributed by atoms with Crippen molar-refractivity contribution < 1.29 is 9.90 Å². The number of rotatable bonds is 2. The first-order chi connectivity index (χ1) is 10.2. The highest BCUT2D eigenvalue weighted by Crippen LogP contribution is 2.23. The highest BCUT2D eigenvalue weighted by atomic mass is 16.3. The minimum Gasteiger partial charge on any atom is -0.393 e. The second-order valence-corrected chi connectivity index (χ2v) is 5.24. The van der Waals surface area contributed by atoms with Crippen LogP contribution in [0.1, 0.15) is 23.2 Å². The molecule has 1 fully saturated rings. The number of hydrogen-bond acceptors (Lipinski definition) is 5. The minimum atomic E-state index is -0.301. The van der Waals surface area contributed by atoms with Crippen molar-refractivity contribution in [2.24, 2.45) is 5.84 Å². The third kappa shape index (κ3) is 2.68. The van der Waals surface area contributed by atoms with E-state index in [0.29, 0.717) is 37.3 Å². The number of para-hydroxylation sites is 1. The highest BCUT2D eigenvalue weighted by Gasteiger charge is 2.24. The van der Waals surface area contributed by atoms with Gasteiger partial charge in [0.25, 0.3) is 5.91 Å². The van der Waals surface area contributed by atoms with Crippen LogP contribution in [0.3, 0.4) is 0 Å². The predicted octanol–water partition coefficient (Wildman–Crippen LogP) is 1.12. The monoisotopic (exact) mass is 286 g/mol. The van der Waals surface area contributed by atoms with Crippen LogP contribution in [0.4, 0.5) is 5.82 Å². The second-order valence-electron chi connectivity index (χ2n) is 5.24. The van der Waals surface area contributed by atoms with Gasteiger partial charge in [-0.2, -0.15) is 0 Å². The van der Waals surface area contributed by atoms with Crippen LogP contribution in [0, 0.1) is 0 Å². The number of benzene rings is 1. The van der Waals surface area contributed by atoms with Crippen molar-refractivity contribution in [2.45, 2.75) is 18.9 Å². The van der Waals surface area contributed by atoms with E-state index in [4.69, 9.17) is 5.84 Å². The Kier molecular flexibility index (Phi) is 3.72. The van der Waals surface area contributed by atoms with Gasteiger partial charge < -0.3 is 15.4 Å². The number of nitrogens with zero attached hydrogens (tertiary/aromatic N) is 2. The van der Waals surface area contributed by atoms with Gasteiger partial charge in [0.2, 0.25) is 0 Å². The molecule has 110 valence electrons. The number of likely N-dealkylation sites (tertiary alicyclic amines) is 1. The number of nitrogens with one attached hydrogen (secondary N) is 1. The largest absolute Gasteiger partial charge is 0.393 e. The second kappa shape index (κ2) is 5.67. The zero-order valence-electron chi connectivity index (χ0n) is 11.6. The number of aliphatic hydroxyl groups is 1. The van der Waals surface area contributed by atoms with Gasteiger partial charge in [-0.25, -0.2) is 10.8 Å². The molecule has 1 aliphatic rings. The van der Waals surface area contributed by atoms with Crippen molar-refractivity contribution in [1.29, 1.82) is 0 Å². The third-order valence-electron chi connectivity index (χ3n) is 3.85. The lowest BCUT2D eigenvalue weighted by molar-refractivity contribution is 0.0548. The summed E-state index contributed by atoms with van der Waals surface area (Å²) in [5, 5.41) is 10.4. The van der Waals surface area contributed by atoms with Gasteiger partial charge in [-0.1, -0.05) is 18.2 Å². The number of aliphatic hydroxyl groups excluding tert-OH is 1. The molecule has 0 bridgehead atoms. The molecule has 3 rings (SSSR count). The van der Waals surface area contributed by atoms with Crippen LogP contribution in [0.15, 0.2) is 30.3 Å². The van der Waals surface area contributed by atoms with Gasteiger partial charge in [-0.3, -0.25) is 4.79 Å². The minimum absolute atomic E-state index is 0.0444. The number of hydrazine groups is 1. The summed E-state index contributed by atoms with van der Waals surface area (Å²) in [6.45, 7) is 1.14. The SMILES string of the molecule is NNc1cc(C(=O)N2CCC(O)CC2)c2ccccc2n1. The van der Waals surface area contributed by atoms with Gasteiger partial charge in [0.05, 0.1) is 17.2 Å². The molecule has 4 N–H and O–H groups in total. The predicted molar refractivity (Wildman–Crippen MR) is 80.7 cm³/mol. The average molecular weight is 286 g/mol. The van der Waals surface area contributed by atoms with Gasteiger partial charge in [0, 0.05) is 18.5 Å². The van der Waals surface area contributed by atoms with Gasteiger partial charge >= 0.3 is 0 Å². The number of nitrogen functional groups attached to an aromatic ring is 1. The van der Waals surface area contributed by atoms with E-state index in [1.807, 2.05) is 24.3 Å². The van der Waals surface area contributed by atoms with Crippen LogP contribution in [0.5, 0.6) is 0 Å². The van der Waals surface area contributed by atoms with Gasteiger partial charge in [-0.05, 0) is 25.0 Å². The number of amides is 1. The summed E-state index contributed by atoms with van der Waals surface area (Å²) in [7, 11) is 0. The normalized spacial score (nSPS) is 16.2. The zero-order chi connectivity index (χ0) is 14.8. The highest BCUT2D eigenvalue weighted by molar-refractivity contribution is 6.07. The summed E-state index contributed by atoms with van der Waals surface area (Å²) in [5.41, 5.74) is 3.82. The molecular weight excluding hydrogens is 268 g/mol. The Hall–Kier alpha value is -2.18. The molecule has 1 amide bonds. The number of carbonyl (C=O) groups is 1. The van der Waals surface area contributed by atoms with Crippen LogP contribution in [0.25, 0.3) is 10.9 Å². The van der Waals surface area contributed by atoms with Crippen molar-refractivity contribution >= 4 is 22.6 Å². The van der Waals surface area contributed by atoms with E-state index in [1.54, 1.807) is 11.0 Å². The quantitative estimate of drug-likeness (QED) is 0.568. The molecule has 0 spiro atoms. The summed E-state index contributed by atoms with van der Waals surface area (Å²) in [5.74, 6) is 5.86. The fourth-order valence-corrected chi connectivity index (χ4v) is 2.67. The van der Waals surface area contributed by atoms with Crippen LogP contribution in [-0.2, 0) is 0 Å². The Morgan fingerprint density at radius 3 is 2.76 bits per heavy atom. The zero-order valence-corrected chi connectivity index (χ0v) is 11.6. The Morgan fingerprint density at radius 1 is 1.33 bits per heavy atom. The maximum atomic E-state index is 12.7. The number of pyridine rings is 1. The Balaban J connectivity index is 2.00. The molecule has 0 unspecified atom stereocenters. The first kappa shape index (κ1) is 13.8. The average Bonchev–Trinajstić information content (AvgIpc) is 2.53. The van der Waals surface area contributed by atoms with Crippen molar-refractivity contribution in [3.8, 4) is 0 Å². The lowest BCUT2D eigenvalue weighted by atomic mass is 10.0. The van der Waals surface area contributed by atoms with E-state index in [0.717, 1.165) is 10.9 Å². The summed E-state index contributed by atoms with van der Waals surface area (Å²) in [4.78, 5) is 18.9. The van der Waals surface area contributed by atoms with Crippen molar-refractivity contribution in [3.63, 3.8) is 0 Å². The lowest BCUT2D eigenvalue weighted by Gasteiger charge is -2.30. The molecule has 6 nitrogen and oxygen atoms in total. The van der Waals surface area contributed by atoms with Crippen molar-refractivity contribution in [2.75, 3.05) is 18.5 Å².